The number of hydrogen-bond donors (Lipinski definition) is 1. The predicted molar refractivity (Wildman–Crippen MR) is 69.6 cm³/mol. The van der Waals surface area contributed by atoms with E-state index in [1.807, 2.05) is 6.08 Å². The number of likely N-dealkylation sites (tertiary alicyclic amines) is 1. The van der Waals surface area contributed by atoms with Crippen LogP contribution in [0.5, 0.6) is 0 Å². The molecule has 1 saturated carbocycles. The van der Waals surface area contributed by atoms with Gasteiger partial charge in [0.15, 0.2) is 0 Å². The number of piperidine rings is 1. The summed E-state index contributed by atoms with van der Waals surface area (Å²) in [7, 11) is 0. The van der Waals surface area contributed by atoms with Crippen molar-refractivity contribution >= 4 is 0 Å². The predicted octanol–water partition coefficient (Wildman–Crippen LogP) is 2.42. The van der Waals surface area contributed by atoms with E-state index in [9.17, 15) is 0 Å². The van der Waals surface area contributed by atoms with Crippen molar-refractivity contribution in [3.05, 3.63) is 12.7 Å². The molecule has 3 unspecified atom stereocenters. The molecular formula is C14H26N2. The summed E-state index contributed by atoms with van der Waals surface area (Å²) in [4.78, 5) is 2.76. The highest BCUT2D eigenvalue weighted by Gasteiger charge is 2.36. The van der Waals surface area contributed by atoms with Crippen LogP contribution in [-0.4, -0.2) is 36.6 Å². The van der Waals surface area contributed by atoms with E-state index in [1.54, 1.807) is 0 Å². The highest BCUT2D eigenvalue weighted by molar-refractivity contribution is 4.91. The fraction of sp³-hybridized carbons (Fsp3) is 0.857. The second-order valence-corrected chi connectivity index (χ2v) is 5.43. The van der Waals surface area contributed by atoms with Gasteiger partial charge in [-0.25, -0.2) is 0 Å². The summed E-state index contributed by atoms with van der Waals surface area (Å²) >= 11 is 0. The van der Waals surface area contributed by atoms with Crippen molar-refractivity contribution in [3.63, 3.8) is 0 Å². The number of fused-ring (bicyclic) bond motifs is 1. The molecule has 3 atom stereocenters. The van der Waals surface area contributed by atoms with Crippen LogP contribution in [0.15, 0.2) is 12.7 Å². The van der Waals surface area contributed by atoms with Crippen molar-refractivity contribution in [3.8, 4) is 0 Å². The first-order valence-corrected chi connectivity index (χ1v) is 6.90. The van der Waals surface area contributed by atoms with Crippen LogP contribution in [0.2, 0.25) is 0 Å². The minimum atomic E-state index is 0.686. The lowest BCUT2D eigenvalue weighted by Gasteiger charge is -2.41. The van der Waals surface area contributed by atoms with E-state index >= 15 is 0 Å². The first kappa shape index (κ1) is 12.1. The van der Waals surface area contributed by atoms with Gasteiger partial charge in [0.1, 0.15) is 0 Å². The van der Waals surface area contributed by atoms with Crippen molar-refractivity contribution in [1.82, 2.24) is 10.2 Å². The van der Waals surface area contributed by atoms with Gasteiger partial charge < -0.3 is 5.32 Å². The van der Waals surface area contributed by atoms with Gasteiger partial charge in [-0.2, -0.15) is 0 Å². The average molecular weight is 222 g/mol. The molecule has 1 saturated heterocycles. The summed E-state index contributed by atoms with van der Waals surface area (Å²) in [6, 6.07) is 1.58. The maximum absolute atomic E-state index is 3.75. The lowest BCUT2D eigenvalue weighted by atomic mass is 9.91. The van der Waals surface area contributed by atoms with Gasteiger partial charge in [-0.3, -0.25) is 4.90 Å². The Morgan fingerprint density at radius 3 is 3.00 bits per heavy atom. The molecule has 0 aromatic heterocycles. The molecule has 2 heteroatoms. The number of hydrogen-bond acceptors (Lipinski definition) is 2. The number of rotatable bonds is 5. The van der Waals surface area contributed by atoms with Gasteiger partial charge in [-0.15, -0.1) is 6.58 Å². The molecule has 0 spiro atoms. The van der Waals surface area contributed by atoms with Gasteiger partial charge in [0.05, 0.1) is 0 Å². The van der Waals surface area contributed by atoms with E-state index < -0.39 is 0 Å². The Morgan fingerprint density at radius 1 is 1.38 bits per heavy atom. The van der Waals surface area contributed by atoms with Crippen LogP contribution in [0.25, 0.3) is 0 Å². The molecule has 0 bridgehead atoms. The quantitative estimate of drug-likeness (QED) is 0.568. The molecule has 0 aromatic rings. The van der Waals surface area contributed by atoms with Gasteiger partial charge in [0.2, 0.25) is 0 Å². The summed E-state index contributed by atoms with van der Waals surface area (Å²) in [6.07, 6.45) is 9.21. The van der Waals surface area contributed by atoms with E-state index in [4.69, 9.17) is 0 Å². The zero-order valence-corrected chi connectivity index (χ0v) is 10.6. The van der Waals surface area contributed by atoms with E-state index in [0.717, 1.165) is 25.0 Å². The van der Waals surface area contributed by atoms with Crippen LogP contribution < -0.4 is 5.32 Å². The van der Waals surface area contributed by atoms with Crippen LogP contribution in [0.3, 0.4) is 0 Å². The smallest absolute Gasteiger partial charge is 0.0195 e. The van der Waals surface area contributed by atoms with Gasteiger partial charge in [-0.05, 0) is 45.1 Å². The molecule has 16 heavy (non-hydrogen) atoms. The molecule has 0 aromatic carbocycles. The molecule has 1 aliphatic heterocycles. The first-order valence-electron chi connectivity index (χ1n) is 6.90. The monoisotopic (exact) mass is 222 g/mol. The fourth-order valence-corrected chi connectivity index (χ4v) is 3.55. The van der Waals surface area contributed by atoms with Gasteiger partial charge in [0, 0.05) is 25.2 Å². The molecule has 2 fully saturated rings. The molecular weight excluding hydrogens is 196 g/mol. The van der Waals surface area contributed by atoms with Crippen molar-refractivity contribution < 1.29 is 0 Å². The SMILES string of the molecule is C=CCNCC(C)N1CCCC2CCCC21. The summed E-state index contributed by atoms with van der Waals surface area (Å²) in [6.45, 7) is 9.48. The fourth-order valence-electron chi connectivity index (χ4n) is 3.55. The van der Waals surface area contributed by atoms with Crippen molar-refractivity contribution in [2.75, 3.05) is 19.6 Å². The largest absolute Gasteiger partial charge is 0.312 e. The van der Waals surface area contributed by atoms with Crippen LogP contribution >= 0.6 is 0 Å². The van der Waals surface area contributed by atoms with Gasteiger partial charge in [-0.1, -0.05) is 12.5 Å². The summed E-state index contributed by atoms with van der Waals surface area (Å²) in [5, 5.41) is 3.45. The molecule has 2 aliphatic rings. The van der Waals surface area contributed by atoms with Crippen LogP contribution in [-0.2, 0) is 0 Å². The third-order valence-electron chi connectivity index (χ3n) is 4.33. The number of nitrogens with zero attached hydrogens (tertiary/aromatic N) is 1. The highest BCUT2D eigenvalue weighted by Crippen LogP contribution is 2.37. The van der Waals surface area contributed by atoms with E-state index in [2.05, 4.69) is 23.7 Å². The third kappa shape index (κ3) is 2.67. The van der Waals surface area contributed by atoms with Crippen LogP contribution in [0, 0.1) is 5.92 Å². The van der Waals surface area contributed by atoms with E-state index in [-0.39, 0.29) is 0 Å². The molecule has 1 N–H and O–H groups in total. The lowest BCUT2D eigenvalue weighted by Crippen LogP contribution is -2.50. The second-order valence-electron chi connectivity index (χ2n) is 5.43. The standard InChI is InChI=1S/C14H26N2/c1-3-9-15-11-12(2)16-10-5-7-13-6-4-8-14(13)16/h3,12-15H,1,4-11H2,2H3. The normalized spacial score (nSPS) is 32.3. The summed E-state index contributed by atoms with van der Waals surface area (Å²) in [5.41, 5.74) is 0. The maximum Gasteiger partial charge on any atom is 0.0195 e. The van der Waals surface area contributed by atoms with Crippen LogP contribution in [0.1, 0.15) is 39.0 Å². The Labute approximate surface area is 100 Å². The second kappa shape index (κ2) is 5.83. The Balaban J connectivity index is 1.84. The molecule has 2 nitrogen and oxygen atoms in total. The molecule has 92 valence electrons. The van der Waals surface area contributed by atoms with Crippen molar-refractivity contribution in [2.45, 2.75) is 51.1 Å². The Bertz CT molecular complexity index is 227. The lowest BCUT2D eigenvalue weighted by molar-refractivity contribution is 0.0748. The minimum absolute atomic E-state index is 0.686. The van der Waals surface area contributed by atoms with Crippen molar-refractivity contribution in [1.29, 1.82) is 0 Å². The minimum Gasteiger partial charge on any atom is -0.312 e. The Hall–Kier alpha value is -0.340. The zero-order chi connectivity index (χ0) is 11.4. The number of nitrogens with one attached hydrogen (secondary N) is 1. The molecule has 1 heterocycles. The van der Waals surface area contributed by atoms with Gasteiger partial charge in [0.25, 0.3) is 0 Å². The van der Waals surface area contributed by atoms with E-state index in [0.29, 0.717) is 6.04 Å². The Morgan fingerprint density at radius 2 is 2.19 bits per heavy atom. The van der Waals surface area contributed by atoms with Crippen molar-refractivity contribution in [2.24, 2.45) is 5.92 Å². The Kier molecular flexibility index (Phi) is 4.42. The zero-order valence-electron chi connectivity index (χ0n) is 10.6. The molecule has 0 amide bonds. The van der Waals surface area contributed by atoms with Gasteiger partial charge >= 0.3 is 0 Å². The van der Waals surface area contributed by atoms with E-state index in [1.165, 1.54) is 38.6 Å². The average Bonchev–Trinajstić information content (AvgIpc) is 2.76. The molecule has 1 aliphatic carbocycles. The molecule has 2 rings (SSSR count). The summed E-state index contributed by atoms with van der Waals surface area (Å²) < 4.78 is 0. The third-order valence-corrected chi connectivity index (χ3v) is 4.33. The highest BCUT2D eigenvalue weighted by atomic mass is 15.2. The molecule has 0 radical (unpaired) electrons. The summed E-state index contributed by atoms with van der Waals surface area (Å²) in [5.74, 6) is 1.01. The van der Waals surface area contributed by atoms with Crippen LogP contribution in [0.4, 0.5) is 0 Å². The first-order chi connectivity index (χ1) is 7.83. The topological polar surface area (TPSA) is 15.3 Å². The maximum atomic E-state index is 3.75.